The summed E-state index contributed by atoms with van der Waals surface area (Å²) in [7, 11) is 0. The highest BCUT2D eigenvalue weighted by atomic mass is 16.5. The van der Waals surface area contributed by atoms with E-state index in [0.717, 1.165) is 100 Å². The van der Waals surface area contributed by atoms with E-state index >= 15 is 0 Å². The van der Waals surface area contributed by atoms with Crippen molar-refractivity contribution in [2.45, 2.75) is 75.4 Å². The molecular formula is C43H50N11O4+. The normalized spacial score (nSPS) is 25.1. The lowest BCUT2D eigenvalue weighted by Gasteiger charge is -2.43. The molecule has 300 valence electrons. The maximum Gasteiger partial charge on any atom is 0.433 e. The average Bonchev–Trinajstić information content (AvgIpc) is 3.52. The Morgan fingerprint density at radius 2 is 1.66 bits per heavy atom. The standard InChI is InChI=1S/C43H49N11O4/c44-41-37(22-34(48-49-41)33-4-1-2-7-38(33)55)52-25-29-12-13-30(26-52)54(29)43-45-23-31(24-46-43)51-18-16-50(17-19-51)28-10-8-27(9-11-28)32-5-3-6-35-40(32)58-21-20-53(35)36-14-15-39(56)47-42(36)57/h1-7,22-24,27-29,36H,8-21,25-26H2,(H3-,44,47,48,49,55,56,57)/p+1/t27?,28?,29-,36-/m0/s1. The van der Waals surface area contributed by atoms with Crippen LogP contribution in [0.2, 0.25) is 0 Å². The highest BCUT2D eigenvalue weighted by Gasteiger charge is 2.40. The summed E-state index contributed by atoms with van der Waals surface area (Å²) in [6.07, 6.45) is 11.4. The van der Waals surface area contributed by atoms with Crippen LogP contribution in [-0.4, -0.2) is 123 Å². The molecule has 0 radical (unpaired) electrons. The molecule has 2 aromatic heterocycles. The van der Waals surface area contributed by atoms with Crippen molar-refractivity contribution in [3.63, 3.8) is 0 Å². The molecule has 2 bridgehead atoms. The number of anilines is 4. The molecule has 1 saturated carbocycles. The number of benzene rings is 2. The predicted molar refractivity (Wildman–Crippen MR) is 220 cm³/mol. The summed E-state index contributed by atoms with van der Waals surface area (Å²) in [6.45, 7) is 6.57. The Kier molecular flexibility index (Phi) is 9.54. The molecule has 4 N–H and O–H groups in total. The molecule has 5 aliphatic heterocycles. The van der Waals surface area contributed by atoms with E-state index in [2.05, 4.69) is 57.9 Å². The van der Waals surface area contributed by atoms with Crippen molar-refractivity contribution in [2.24, 2.45) is 0 Å². The summed E-state index contributed by atoms with van der Waals surface area (Å²) in [5.41, 5.74) is 13.0. The first-order chi connectivity index (χ1) is 28.4. The van der Waals surface area contributed by atoms with Crippen LogP contribution in [0, 0.1) is 0 Å². The fourth-order valence-electron chi connectivity index (χ4n) is 10.3. The van der Waals surface area contributed by atoms with Crippen molar-refractivity contribution < 1.29 is 24.0 Å². The van der Waals surface area contributed by atoms with Crippen LogP contribution in [0.1, 0.15) is 62.8 Å². The smallest absolute Gasteiger partial charge is 0.433 e. The fourth-order valence-corrected chi connectivity index (χ4v) is 10.3. The van der Waals surface area contributed by atoms with Crippen LogP contribution in [0.5, 0.6) is 11.5 Å². The minimum absolute atomic E-state index is 0.162. The number of carbonyl (C=O) groups is 2. The van der Waals surface area contributed by atoms with E-state index in [1.165, 1.54) is 11.3 Å². The second kappa shape index (κ2) is 15.2. The number of phenolic OH excluding ortho intramolecular Hbond substituents is 1. The second-order valence-electron chi connectivity index (χ2n) is 16.5. The molecule has 2 aromatic carbocycles. The van der Waals surface area contributed by atoms with E-state index in [9.17, 15) is 14.7 Å². The number of para-hydroxylation sites is 2. The number of fused-ring (bicyclic) bond motifs is 2. The number of hydrogen-bond donors (Lipinski definition) is 3. The number of aromatic hydroxyl groups is 1. The molecule has 0 unspecified atom stereocenters. The summed E-state index contributed by atoms with van der Waals surface area (Å²) in [5, 5.41) is 21.5. The molecular weight excluding hydrogens is 735 g/mol. The first kappa shape index (κ1) is 36.5. The van der Waals surface area contributed by atoms with Gasteiger partial charge in [-0.25, -0.2) is 4.58 Å². The average molecular weight is 785 g/mol. The molecule has 7 heterocycles. The number of hydrogen-bond acceptors (Lipinski definition) is 13. The number of phenols is 1. The molecule has 15 heteroatoms. The monoisotopic (exact) mass is 784 g/mol. The van der Waals surface area contributed by atoms with Gasteiger partial charge in [-0.05, 0) is 74.3 Å². The van der Waals surface area contributed by atoms with Crippen LogP contribution in [0.3, 0.4) is 0 Å². The molecule has 2 saturated heterocycles. The van der Waals surface area contributed by atoms with Crippen molar-refractivity contribution in [1.29, 1.82) is 0 Å². The number of imide groups is 1. The summed E-state index contributed by atoms with van der Waals surface area (Å²) in [4.78, 5) is 43.9. The first-order valence-corrected chi connectivity index (χ1v) is 20.9. The summed E-state index contributed by atoms with van der Waals surface area (Å²) >= 11 is 0. The Balaban J connectivity index is 0.748. The number of amides is 2. The number of nitrogen functional groups attached to an aromatic ring is 1. The molecule has 15 nitrogen and oxygen atoms in total. The maximum absolute atomic E-state index is 12.7. The van der Waals surface area contributed by atoms with Gasteiger partial charge >= 0.3 is 5.95 Å². The summed E-state index contributed by atoms with van der Waals surface area (Å²) in [5.74, 6) is 2.25. The van der Waals surface area contributed by atoms with Crippen molar-refractivity contribution in [2.75, 3.05) is 72.9 Å². The van der Waals surface area contributed by atoms with Gasteiger partial charge in [0.05, 0.1) is 42.4 Å². The van der Waals surface area contributed by atoms with Gasteiger partial charge < -0.3 is 30.3 Å². The summed E-state index contributed by atoms with van der Waals surface area (Å²) < 4.78 is 8.61. The van der Waals surface area contributed by atoms with E-state index in [4.69, 9.17) is 20.4 Å². The zero-order chi connectivity index (χ0) is 39.3. The third kappa shape index (κ3) is 6.74. The number of ether oxygens (including phenoxy) is 1. The lowest BCUT2D eigenvalue weighted by molar-refractivity contribution is -0.484. The van der Waals surface area contributed by atoms with Crippen molar-refractivity contribution in [3.05, 3.63) is 66.5 Å². The van der Waals surface area contributed by atoms with Crippen LogP contribution in [0.25, 0.3) is 11.3 Å². The van der Waals surface area contributed by atoms with Gasteiger partial charge in [0.25, 0.3) is 0 Å². The molecule has 10 rings (SSSR count). The largest absolute Gasteiger partial charge is 0.507 e. The minimum atomic E-state index is -0.337. The number of nitrogens with two attached hydrogens (primary N) is 1. The topological polar surface area (TPSA) is 169 Å². The molecule has 2 amide bonds. The third-order valence-corrected chi connectivity index (χ3v) is 13.3. The van der Waals surface area contributed by atoms with Crippen LogP contribution >= 0.6 is 0 Å². The lowest BCUT2D eigenvalue weighted by atomic mass is 9.80. The molecule has 6 aliphatic rings. The molecule has 3 fully saturated rings. The molecule has 0 spiro atoms. The highest BCUT2D eigenvalue weighted by Crippen LogP contribution is 2.45. The van der Waals surface area contributed by atoms with Gasteiger partial charge in [0.2, 0.25) is 11.8 Å². The number of rotatable bonds is 7. The predicted octanol–water partition coefficient (Wildman–Crippen LogP) is 3.84. The Morgan fingerprint density at radius 3 is 2.43 bits per heavy atom. The van der Waals surface area contributed by atoms with Crippen molar-refractivity contribution >= 4 is 46.4 Å². The lowest BCUT2D eigenvalue weighted by Crippen LogP contribution is -2.54. The van der Waals surface area contributed by atoms with Crippen LogP contribution in [0.15, 0.2) is 60.9 Å². The van der Waals surface area contributed by atoms with Crippen molar-refractivity contribution in [3.8, 4) is 22.8 Å². The molecule has 1 aliphatic carbocycles. The van der Waals surface area contributed by atoms with Gasteiger partial charge in [0.1, 0.15) is 48.3 Å². The fraction of sp³-hybridized carbons (Fsp3) is 0.465. The van der Waals surface area contributed by atoms with Gasteiger partial charge in [-0.1, -0.05) is 34.2 Å². The van der Waals surface area contributed by atoms with Crippen LogP contribution in [0.4, 0.5) is 28.8 Å². The Labute approximate surface area is 337 Å². The van der Waals surface area contributed by atoms with Gasteiger partial charge in [-0.3, -0.25) is 19.8 Å². The quantitative estimate of drug-likeness (QED) is 0.183. The van der Waals surface area contributed by atoms with Crippen LogP contribution in [-0.2, 0) is 9.59 Å². The van der Waals surface area contributed by atoms with Crippen LogP contribution < -0.4 is 30.5 Å². The maximum atomic E-state index is 12.7. The Hall–Kier alpha value is -5.83. The number of piperazine rings is 1. The van der Waals surface area contributed by atoms with Gasteiger partial charge in [0, 0.05) is 50.6 Å². The van der Waals surface area contributed by atoms with Gasteiger partial charge in [0.15, 0.2) is 5.82 Å². The second-order valence-corrected chi connectivity index (χ2v) is 16.5. The van der Waals surface area contributed by atoms with E-state index in [0.29, 0.717) is 61.6 Å². The molecule has 58 heavy (non-hydrogen) atoms. The van der Waals surface area contributed by atoms with E-state index in [1.807, 2.05) is 30.6 Å². The number of nitrogens with zero attached hydrogens (tertiary/aromatic N) is 9. The first-order valence-electron chi connectivity index (χ1n) is 20.9. The van der Waals surface area contributed by atoms with Crippen molar-refractivity contribution in [1.82, 2.24) is 30.4 Å². The Bertz CT molecular complexity index is 2250. The zero-order valence-electron chi connectivity index (χ0n) is 32.7. The number of piperidine rings is 1. The van der Waals surface area contributed by atoms with Gasteiger partial charge in [-0.15, -0.1) is 10.2 Å². The minimum Gasteiger partial charge on any atom is -0.507 e. The number of nitrogens with one attached hydrogen (secondary N) is 1. The number of carbonyl (C=O) groups excluding carboxylic acids is 2. The Morgan fingerprint density at radius 1 is 0.845 bits per heavy atom. The highest BCUT2D eigenvalue weighted by molar-refractivity contribution is 6.02. The third-order valence-electron chi connectivity index (χ3n) is 13.3. The number of aromatic nitrogens is 4. The van der Waals surface area contributed by atoms with E-state index in [-0.39, 0.29) is 29.6 Å². The zero-order valence-corrected chi connectivity index (χ0v) is 32.7. The molecule has 4 aromatic rings. The van der Waals surface area contributed by atoms with Gasteiger partial charge in [-0.2, -0.15) is 0 Å². The molecule has 2 atom stereocenters. The SMILES string of the molecule is Nc1nnc(-c2ccccc2O)cc1N1CC2=[N+](c3ncc(N4CCN(C5CCC(c6cccc7c6OCCN7[C@H]6CCC(=O)NC6=O)CC5)CC4)cn3)[C@@H](CC2)C1. The van der Waals surface area contributed by atoms with E-state index in [1.54, 1.807) is 12.1 Å². The van der Waals surface area contributed by atoms with E-state index < -0.39 is 0 Å². The summed E-state index contributed by atoms with van der Waals surface area (Å²) in [6, 6.07) is 15.9.